The fourth-order valence-electron chi connectivity index (χ4n) is 1.67. The van der Waals surface area contributed by atoms with E-state index in [1.54, 1.807) is 4.90 Å². The molecule has 1 atom stereocenters. The van der Waals surface area contributed by atoms with Crippen molar-refractivity contribution in [2.24, 2.45) is 5.92 Å². The van der Waals surface area contributed by atoms with Gasteiger partial charge in [0.1, 0.15) is 0 Å². The van der Waals surface area contributed by atoms with Crippen LogP contribution in [0.4, 0.5) is 5.69 Å². The lowest BCUT2D eigenvalue weighted by Crippen LogP contribution is -2.31. The molecule has 1 unspecified atom stereocenters. The average Bonchev–Trinajstić information content (AvgIpc) is 2.28. The van der Waals surface area contributed by atoms with Crippen molar-refractivity contribution < 1.29 is 4.79 Å². The van der Waals surface area contributed by atoms with Crippen LogP contribution in [0.15, 0.2) is 30.3 Å². The summed E-state index contributed by atoms with van der Waals surface area (Å²) in [6.45, 7) is 4.09. The number of carbonyl (C=O) groups excluding carboxylic acids is 1. The Hall–Kier alpha value is -1.31. The molecule has 1 rings (SSSR count). The summed E-state index contributed by atoms with van der Waals surface area (Å²) in [5.41, 5.74) is 0.963. The fourth-order valence-corrected chi connectivity index (χ4v) is 1.67. The Morgan fingerprint density at radius 1 is 1.33 bits per heavy atom. The number of hydrogen-bond acceptors (Lipinski definition) is 1. The molecule has 82 valence electrons. The minimum absolute atomic E-state index is 0.111. The van der Waals surface area contributed by atoms with Gasteiger partial charge in [-0.1, -0.05) is 38.5 Å². The van der Waals surface area contributed by atoms with E-state index < -0.39 is 0 Å². The van der Waals surface area contributed by atoms with Crippen LogP contribution in [0.3, 0.4) is 0 Å². The number of amides is 1. The molecule has 0 N–H and O–H groups in total. The number of para-hydroxylation sites is 1. The largest absolute Gasteiger partial charge is 0.315 e. The highest BCUT2D eigenvalue weighted by molar-refractivity contribution is 5.94. The molecule has 1 amide bonds. The van der Waals surface area contributed by atoms with Gasteiger partial charge in [0.25, 0.3) is 0 Å². The van der Waals surface area contributed by atoms with Crippen molar-refractivity contribution in [2.75, 3.05) is 11.9 Å². The van der Waals surface area contributed by atoms with Crippen LogP contribution in [0.25, 0.3) is 0 Å². The predicted molar refractivity (Wildman–Crippen MR) is 63.9 cm³/mol. The van der Waals surface area contributed by atoms with Crippen LogP contribution in [0.2, 0.25) is 0 Å². The van der Waals surface area contributed by atoms with Gasteiger partial charge in [-0.3, -0.25) is 4.79 Å². The highest BCUT2D eigenvalue weighted by Gasteiger charge is 2.17. The number of nitrogens with zero attached hydrogens (tertiary/aromatic N) is 1. The van der Waals surface area contributed by atoms with Crippen molar-refractivity contribution >= 4 is 11.6 Å². The first kappa shape index (κ1) is 11.8. The van der Waals surface area contributed by atoms with Crippen molar-refractivity contribution in [3.05, 3.63) is 30.3 Å². The molecule has 2 heteroatoms. The van der Waals surface area contributed by atoms with E-state index in [2.05, 4.69) is 6.92 Å². The minimum Gasteiger partial charge on any atom is -0.315 e. The molecular formula is C13H19NO. The first-order valence-corrected chi connectivity index (χ1v) is 5.49. The zero-order chi connectivity index (χ0) is 11.3. The van der Waals surface area contributed by atoms with Gasteiger partial charge >= 0.3 is 0 Å². The fraction of sp³-hybridized carbons (Fsp3) is 0.462. The van der Waals surface area contributed by atoms with Gasteiger partial charge in [-0.2, -0.15) is 0 Å². The molecule has 0 saturated carbocycles. The monoisotopic (exact) mass is 205 g/mol. The Balaban J connectivity index is 2.69. The van der Waals surface area contributed by atoms with Gasteiger partial charge < -0.3 is 4.90 Å². The summed E-state index contributed by atoms with van der Waals surface area (Å²) in [6.07, 6.45) is 2.01. The molecule has 1 aromatic carbocycles. The zero-order valence-corrected chi connectivity index (χ0v) is 9.73. The predicted octanol–water partition coefficient (Wildman–Crippen LogP) is 3.09. The van der Waals surface area contributed by atoms with E-state index in [1.807, 2.05) is 44.3 Å². The van der Waals surface area contributed by atoms with E-state index in [1.165, 1.54) is 0 Å². The quantitative estimate of drug-likeness (QED) is 0.739. The number of anilines is 1. The summed E-state index contributed by atoms with van der Waals surface area (Å²) >= 11 is 0. The summed E-state index contributed by atoms with van der Waals surface area (Å²) in [7, 11) is 1.84. The Morgan fingerprint density at radius 3 is 2.47 bits per heavy atom. The maximum absolute atomic E-state index is 12.0. The summed E-state index contributed by atoms with van der Waals surface area (Å²) in [5, 5.41) is 0. The normalized spacial score (nSPS) is 12.2. The molecular weight excluding hydrogens is 186 g/mol. The summed E-state index contributed by atoms with van der Waals surface area (Å²) in [6, 6.07) is 9.76. The highest BCUT2D eigenvalue weighted by atomic mass is 16.2. The third-order valence-electron chi connectivity index (χ3n) is 2.62. The van der Waals surface area contributed by atoms with E-state index in [4.69, 9.17) is 0 Å². The molecule has 0 aliphatic rings. The van der Waals surface area contributed by atoms with Gasteiger partial charge in [-0.15, -0.1) is 0 Å². The van der Waals surface area contributed by atoms with Crippen molar-refractivity contribution in [3.63, 3.8) is 0 Å². The molecule has 0 saturated heterocycles. The Bertz CT molecular complexity index is 308. The Labute approximate surface area is 91.9 Å². The lowest BCUT2D eigenvalue weighted by molar-refractivity contribution is -0.121. The van der Waals surface area contributed by atoms with Gasteiger partial charge in [0.15, 0.2) is 0 Å². The van der Waals surface area contributed by atoms with Gasteiger partial charge in [0.2, 0.25) is 5.91 Å². The van der Waals surface area contributed by atoms with Crippen molar-refractivity contribution in [1.82, 2.24) is 0 Å². The van der Waals surface area contributed by atoms with Gasteiger partial charge in [-0.25, -0.2) is 0 Å². The first-order chi connectivity index (χ1) is 7.16. The van der Waals surface area contributed by atoms with Crippen LogP contribution in [-0.4, -0.2) is 13.0 Å². The third kappa shape index (κ3) is 3.08. The molecule has 0 aliphatic heterocycles. The van der Waals surface area contributed by atoms with E-state index in [0.717, 1.165) is 18.5 Å². The van der Waals surface area contributed by atoms with Crippen LogP contribution in [0.5, 0.6) is 0 Å². The molecule has 0 heterocycles. The van der Waals surface area contributed by atoms with E-state index >= 15 is 0 Å². The molecule has 1 aromatic rings. The molecule has 0 aromatic heterocycles. The first-order valence-electron chi connectivity index (χ1n) is 5.49. The standard InChI is InChI=1S/C13H19NO/c1-4-8-11(2)13(15)14(3)12-9-6-5-7-10-12/h5-7,9-11H,4,8H2,1-3H3. The van der Waals surface area contributed by atoms with E-state index in [0.29, 0.717) is 0 Å². The number of carbonyl (C=O) groups is 1. The molecule has 0 aliphatic carbocycles. The maximum Gasteiger partial charge on any atom is 0.229 e. The van der Waals surface area contributed by atoms with E-state index in [9.17, 15) is 4.79 Å². The van der Waals surface area contributed by atoms with Crippen molar-refractivity contribution in [2.45, 2.75) is 26.7 Å². The summed E-state index contributed by atoms with van der Waals surface area (Å²) in [4.78, 5) is 13.7. The lowest BCUT2D eigenvalue weighted by atomic mass is 10.0. The van der Waals surface area contributed by atoms with E-state index in [-0.39, 0.29) is 11.8 Å². The molecule has 15 heavy (non-hydrogen) atoms. The molecule has 2 nitrogen and oxygen atoms in total. The van der Waals surface area contributed by atoms with Crippen LogP contribution in [0, 0.1) is 5.92 Å². The summed E-state index contributed by atoms with van der Waals surface area (Å²) < 4.78 is 0. The maximum atomic E-state index is 12.0. The molecule has 0 radical (unpaired) electrons. The number of benzene rings is 1. The van der Waals surface area contributed by atoms with Gasteiger partial charge in [0, 0.05) is 18.7 Å². The second kappa shape index (κ2) is 5.54. The topological polar surface area (TPSA) is 20.3 Å². The smallest absolute Gasteiger partial charge is 0.229 e. The number of rotatable bonds is 4. The minimum atomic E-state index is 0.111. The number of hydrogen-bond donors (Lipinski definition) is 0. The van der Waals surface area contributed by atoms with Crippen molar-refractivity contribution in [3.8, 4) is 0 Å². The Kier molecular flexibility index (Phi) is 4.35. The SMILES string of the molecule is CCCC(C)C(=O)N(C)c1ccccc1. The molecule has 0 fully saturated rings. The highest BCUT2D eigenvalue weighted by Crippen LogP contribution is 2.16. The average molecular weight is 205 g/mol. The van der Waals surface area contributed by atoms with Crippen LogP contribution < -0.4 is 4.90 Å². The second-order valence-corrected chi connectivity index (χ2v) is 3.92. The Morgan fingerprint density at radius 2 is 1.93 bits per heavy atom. The summed E-state index contributed by atoms with van der Waals surface area (Å²) in [5.74, 6) is 0.309. The van der Waals surface area contributed by atoms with Gasteiger partial charge in [-0.05, 0) is 18.6 Å². The van der Waals surface area contributed by atoms with Crippen LogP contribution in [0.1, 0.15) is 26.7 Å². The van der Waals surface area contributed by atoms with Gasteiger partial charge in [0.05, 0.1) is 0 Å². The lowest BCUT2D eigenvalue weighted by Gasteiger charge is -2.21. The molecule has 0 spiro atoms. The van der Waals surface area contributed by atoms with Crippen LogP contribution in [-0.2, 0) is 4.79 Å². The third-order valence-corrected chi connectivity index (χ3v) is 2.62. The second-order valence-electron chi connectivity index (χ2n) is 3.92. The van der Waals surface area contributed by atoms with Crippen molar-refractivity contribution in [1.29, 1.82) is 0 Å². The zero-order valence-electron chi connectivity index (χ0n) is 9.73. The van der Waals surface area contributed by atoms with Crippen LogP contribution >= 0.6 is 0 Å². The molecule has 0 bridgehead atoms.